The number of aromatic amines is 1. The van der Waals surface area contributed by atoms with Crippen LogP contribution >= 0.6 is 11.3 Å². The second kappa shape index (κ2) is 9.41. The number of piperidine rings is 1. The van der Waals surface area contributed by atoms with Crippen molar-refractivity contribution in [2.24, 2.45) is 10.9 Å². The van der Waals surface area contributed by atoms with Gasteiger partial charge in [0.15, 0.2) is 5.96 Å². The summed E-state index contributed by atoms with van der Waals surface area (Å²) in [5.41, 5.74) is 2.11. The maximum absolute atomic E-state index is 4.64. The van der Waals surface area contributed by atoms with Gasteiger partial charge in [-0.2, -0.15) is 0 Å². The van der Waals surface area contributed by atoms with Crippen molar-refractivity contribution in [3.05, 3.63) is 52.5 Å². The Morgan fingerprint density at radius 1 is 1.28 bits per heavy atom. The number of nitrogens with one attached hydrogen (secondary N) is 3. The zero-order valence-electron chi connectivity index (χ0n) is 17.2. The van der Waals surface area contributed by atoms with E-state index in [4.69, 9.17) is 0 Å². The van der Waals surface area contributed by atoms with Gasteiger partial charge in [-0.3, -0.25) is 9.89 Å². The number of imidazole rings is 1. The lowest BCUT2D eigenvalue weighted by atomic mass is 9.88. The molecule has 1 aliphatic rings. The van der Waals surface area contributed by atoms with Crippen LogP contribution in [0, 0.1) is 5.92 Å². The number of fused-ring (bicyclic) bond motifs is 1. The van der Waals surface area contributed by atoms with Gasteiger partial charge in [-0.05, 0) is 55.9 Å². The van der Waals surface area contributed by atoms with Gasteiger partial charge in [-0.1, -0.05) is 18.2 Å². The SMILES string of the molecule is CN=C(NCCc1nc2ccccc2[nH]1)NCC1CCCN(C)C1c1cccs1. The quantitative estimate of drug-likeness (QED) is 0.430. The zero-order valence-corrected chi connectivity index (χ0v) is 18.0. The molecule has 2 aromatic heterocycles. The number of hydrogen-bond acceptors (Lipinski definition) is 4. The number of likely N-dealkylation sites (tertiary alicyclic amines) is 1. The number of H-pyrrole nitrogens is 1. The fourth-order valence-corrected chi connectivity index (χ4v) is 5.24. The normalized spacial score (nSPS) is 20.8. The number of thiophene rings is 1. The van der Waals surface area contributed by atoms with Crippen molar-refractivity contribution in [3.8, 4) is 0 Å². The summed E-state index contributed by atoms with van der Waals surface area (Å²) < 4.78 is 0. The number of para-hydroxylation sites is 2. The Hall–Kier alpha value is -2.38. The first kappa shape index (κ1) is 19.9. The van der Waals surface area contributed by atoms with Crippen molar-refractivity contribution in [1.29, 1.82) is 0 Å². The van der Waals surface area contributed by atoms with Crippen molar-refractivity contribution in [3.63, 3.8) is 0 Å². The summed E-state index contributed by atoms with van der Waals surface area (Å²) in [6.45, 7) is 2.89. The lowest BCUT2D eigenvalue weighted by molar-refractivity contribution is 0.125. The summed E-state index contributed by atoms with van der Waals surface area (Å²) in [5.74, 6) is 2.45. The molecular formula is C22H30N6S. The van der Waals surface area contributed by atoms with Crippen molar-refractivity contribution in [2.75, 3.05) is 33.7 Å². The second-order valence-electron chi connectivity index (χ2n) is 7.67. The molecule has 2 atom stereocenters. The Morgan fingerprint density at radius 2 is 2.17 bits per heavy atom. The highest BCUT2D eigenvalue weighted by Crippen LogP contribution is 2.36. The minimum Gasteiger partial charge on any atom is -0.356 e. The van der Waals surface area contributed by atoms with Gasteiger partial charge < -0.3 is 15.6 Å². The number of aliphatic imine (C=N–C) groups is 1. The third kappa shape index (κ3) is 4.79. The molecule has 0 spiro atoms. The van der Waals surface area contributed by atoms with Gasteiger partial charge in [-0.25, -0.2) is 4.98 Å². The maximum Gasteiger partial charge on any atom is 0.191 e. The Morgan fingerprint density at radius 3 is 2.97 bits per heavy atom. The Kier molecular flexibility index (Phi) is 6.46. The molecule has 154 valence electrons. The van der Waals surface area contributed by atoms with Crippen LogP contribution in [0.4, 0.5) is 0 Å². The number of benzene rings is 1. The fourth-order valence-electron chi connectivity index (χ4n) is 4.25. The van der Waals surface area contributed by atoms with E-state index in [9.17, 15) is 0 Å². The largest absolute Gasteiger partial charge is 0.356 e. The Labute approximate surface area is 176 Å². The topological polar surface area (TPSA) is 68.3 Å². The predicted molar refractivity (Wildman–Crippen MR) is 122 cm³/mol. The third-order valence-electron chi connectivity index (χ3n) is 5.69. The molecule has 6 nitrogen and oxygen atoms in total. The van der Waals surface area contributed by atoms with Gasteiger partial charge >= 0.3 is 0 Å². The van der Waals surface area contributed by atoms with Crippen LogP contribution in [-0.2, 0) is 6.42 Å². The average molecular weight is 411 g/mol. The van der Waals surface area contributed by atoms with Crippen molar-refractivity contribution in [1.82, 2.24) is 25.5 Å². The summed E-state index contributed by atoms with van der Waals surface area (Å²) in [5, 5.41) is 9.16. The first-order valence-electron chi connectivity index (χ1n) is 10.4. The van der Waals surface area contributed by atoms with E-state index in [1.54, 1.807) is 0 Å². The molecule has 7 heteroatoms. The van der Waals surface area contributed by atoms with Crippen LogP contribution in [0.2, 0.25) is 0 Å². The van der Waals surface area contributed by atoms with Crippen LogP contribution in [0.1, 0.15) is 29.6 Å². The van der Waals surface area contributed by atoms with Crippen molar-refractivity contribution in [2.45, 2.75) is 25.3 Å². The average Bonchev–Trinajstić information content (AvgIpc) is 3.40. The maximum atomic E-state index is 4.64. The Balaban J connectivity index is 1.29. The monoisotopic (exact) mass is 410 g/mol. The van der Waals surface area contributed by atoms with E-state index in [1.165, 1.54) is 24.3 Å². The van der Waals surface area contributed by atoms with Crippen LogP contribution in [-0.4, -0.2) is 54.6 Å². The molecule has 3 N–H and O–H groups in total. The van der Waals surface area contributed by atoms with Gasteiger partial charge in [0, 0.05) is 37.5 Å². The van der Waals surface area contributed by atoms with E-state index in [1.807, 2.05) is 36.6 Å². The number of rotatable bonds is 6. The number of nitrogens with zero attached hydrogens (tertiary/aromatic N) is 3. The van der Waals surface area contributed by atoms with E-state index < -0.39 is 0 Å². The standard InChI is InChI=1S/C22H30N6S/c1-23-22(24-12-11-20-26-17-8-3-4-9-18(17)27-20)25-15-16-7-5-13-28(2)21(16)19-10-6-14-29-19/h3-4,6,8-10,14,16,21H,5,7,11-13,15H2,1-2H3,(H,26,27)(H2,23,24,25). The number of guanidine groups is 1. The molecule has 2 unspecified atom stereocenters. The minimum atomic E-state index is 0.491. The number of hydrogen-bond donors (Lipinski definition) is 3. The zero-order chi connectivity index (χ0) is 20.1. The molecule has 29 heavy (non-hydrogen) atoms. The molecular weight excluding hydrogens is 380 g/mol. The van der Waals surface area contributed by atoms with Crippen molar-refractivity contribution >= 4 is 28.3 Å². The molecule has 1 aromatic carbocycles. The van der Waals surface area contributed by atoms with Crippen LogP contribution < -0.4 is 10.6 Å². The van der Waals surface area contributed by atoms with E-state index in [2.05, 4.69) is 61.1 Å². The molecule has 1 fully saturated rings. The van der Waals surface area contributed by atoms with E-state index in [0.29, 0.717) is 12.0 Å². The molecule has 0 bridgehead atoms. The van der Waals surface area contributed by atoms with Gasteiger partial charge in [0.2, 0.25) is 0 Å². The van der Waals surface area contributed by atoms with Gasteiger partial charge in [-0.15, -0.1) is 11.3 Å². The number of aromatic nitrogens is 2. The van der Waals surface area contributed by atoms with E-state index in [-0.39, 0.29) is 0 Å². The molecule has 1 aliphatic heterocycles. The first-order valence-corrected chi connectivity index (χ1v) is 11.2. The summed E-state index contributed by atoms with van der Waals surface area (Å²) >= 11 is 1.86. The minimum absolute atomic E-state index is 0.491. The molecule has 4 rings (SSSR count). The van der Waals surface area contributed by atoms with Gasteiger partial charge in [0.05, 0.1) is 11.0 Å². The summed E-state index contributed by atoms with van der Waals surface area (Å²) in [6.07, 6.45) is 3.33. The predicted octanol–water partition coefficient (Wildman–Crippen LogP) is 3.42. The van der Waals surface area contributed by atoms with Crippen molar-refractivity contribution < 1.29 is 0 Å². The lowest BCUT2D eigenvalue weighted by Gasteiger charge is -2.39. The highest BCUT2D eigenvalue weighted by molar-refractivity contribution is 7.10. The molecule has 1 saturated heterocycles. The molecule has 0 radical (unpaired) electrons. The van der Waals surface area contributed by atoms with Crippen LogP contribution in [0.5, 0.6) is 0 Å². The second-order valence-corrected chi connectivity index (χ2v) is 8.65. The fraction of sp³-hybridized carbons (Fsp3) is 0.455. The lowest BCUT2D eigenvalue weighted by Crippen LogP contribution is -2.45. The van der Waals surface area contributed by atoms with Gasteiger partial charge in [0.25, 0.3) is 0 Å². The van der Waals surface area contributed by atoms with E-state index in [0.717, 1.165) is 42.3 Å². The summed E-state index contributed by atoms with van der Waals surface area (Å²) in [7, 11) is 4.08. The highest BCUT2D eigenvalue weighted by Gasteiger charge is 2.31. The molecule has 0 aliphatic carbocycles. The Bertz CT molecular complexity index is 899. The molecule has 0 saturated carbocycles. The molecule has 0 amide bonds. The van der Waals surface area contributed by atoms with E-state index >= 15 is 0 Å². The molecule has 3 heterocycles. The van der Waals surface area contributed by atoms with Gasteiger partial charge in [0.1, 0.15) is 5.82 Å². The third-order valence-corrected chi connectivity index (χ3v) is 6.63. The van der Waals surface area contributed by atoms with Crippen LogP contribution in [0.15, 0.2) is 46.8 Å². The van der Waals surface area contributed by atoms with Crippen LogP contribution in [0.3, 0.4) is 0 Å². The molecule has 3 aromatic rings. The smallest absolute Gasteiger partial charge is 0.191 e. The highest BCUT2D eigenvalue weighted by atomic mass is 32.1. The van der Waals surface area contributed by atoms with Crippen LogP contribution in [0.25, 0.3) is 11.0 Å². The first-order chi connectivity index (χ1) is 14.2. The summed E-state index contributed by atoms with van der Waals surface area (Å²) in [6, 6.07) is 13.1. The summed E-state index contributed by atoms with van der Waals surface area (Å²) in [4.78, 5) is 16.4.